The van der Waals surface area contributed by atoms with Gasteiger partial charge >= 0.3 is 0 Å². The molecule has 4 aromatic rings. The molecule has 1 N–H and O–H groups in total. The second-order valence-corrected chi connectivity index (χ2v) is 10.2. The first-order valence-electron chi connectivity index (χ1n) is 13.5. The van der Waals surface area contributed by atoms with Crippen LogP contribution in [0.5, 0.6) is 5.75 Å². The molecule has 2 heterocycles. The molecule has 5 rings (SSSR count). The van der Waals surface area contributed by atoms with Crippen molar-refractivity contribution < 1.29 is 23.5 Å². The molecule has 0 unspecified atom stereocenters. The van der Waals surface area contributed by atoms with E-state index in [1.165, 1.54) is 29.2 Å². The highest BCUT2D eigenvalue weighted by Crippen LogP contribution is 2.26. The van der Waals surface area contributed by atoms with Gasteiger partial charge in [0.25, 0.3) is 5.91 Å². The fourth-order valence-electron chi connectivity index (χ4n) is 4.62. The van der Waals surface area contributed by atoms with Gasteiger partial charge in [0.15, 0.2) is 0 Å². The molecule has 3 aromatic carbocycles. The molecule has 42 heavy (non-hydrogen) atoms. The fraction of sp³-hybridized carbons (Fsp3) is 0.258. The normalized spacial score (nSPS) is 13.5. The fourth-order valence-corrected chi connectivity index (χ4v) is 4.75. The minimum atomic E-state index is -0.439. The number of ether oxygens (including phenoxy) is 2. The predicted octanol–water partition coefficient (Wildman–Crippen LogP) is 4.75. The highest BCUT2D eigenvalue weighted by atomic mass is 35.5. The highest BCUT2D eigenvalue weighted by Gasteiger charge is 2.22. The predicted molar refractivity (Wildman–Crippen MR) is 159 cm³/mol. The summed E-state index contributed by atoms with van der Waals surface area (Å²) in [5.74, 6) is -0.240. The van der Waals surface area contributed by atoms with Crippen molar-refractivity contribution in [2.45, 2.75) is 0 Å². The molecule has 1 saturated heterocycles. The molecule has 218 valence electrons. The molecular weight excluding hydrogens is 561 g/mol. The maximum atomic E-state index is 13.5. The summed E-state index contributed by atoms with van der Waals surface area (Å²) in [7, 11) is 1.59. The Morgan fingerprint density at radius 1 is 1.02 bits per heavy atom. The highest BCUT2D eigenvalue weighted by molar-refractivity contribution is 6.30. The van der Waals surface area contributed by atoms with E-state index in [2.05, 4.69) is 10.2 Å². The summed E-state index contributed by atoms with van der Waals surface area (Å²) in [6.45, 7) is 3.41. The van der Waals surface area contributed by atoms with Gasteiger partial charge in [0.05, 0.1) is 26.0 Å². The Morgan fingerprint density at radius 3 is 2.38 bits per heavy atom. The third-order valence-corrected chi connectivity index (χ3v) is 7.20. The number of rotatable bonds is 10. The number of nitrogens with one attached hydrogen (secondary N) is 1. The van der Waals surface area contributed by atoms with Crippen LogP contribution in [0.15, 0.2) is 79.0 Å². The van der Waals surface area contributed by atoms with Crippen LogP contribution in [-0.2, 0) is 9.53 Å². The molecule has 1 aliphatic heterocycles. The second kappa shape index (κ2) is 13.6. The molecule has 1 aliphatic rings. The van der Waals surface area contributed by atoms with E-state index in [-0.39, 0.29) is 18.4 Å². The summed E-state index contributed by atoms with van der Waals surface area (Å²) in [6, 6.07) is 19.9. The Labute approximate surface area is 248 Å². The maximum Gasteiger partial charge on any atom is 0.254 e. The third-order valence-electron chi connectivity index (χ3n) is 6.95. The summed E-state index contributed by atoms with van der Waals surface area (Å²) < 4.78 is 26.0. The topological polar surface area (TPSA) is 88.9 Å². The Hall–Kier alpha value is -4.25. The zero-order valence-corrected chi connectivity index (χ0v) is 23.9. The van der Waals surface area contributed by atoms with Gasteiger partial charge in [-0.05, 0) is 60.7 Å². The Kier molecular flexibility index (Phi) is 9.48. The Bertz CT molecular complexity index is 1500. The number of benzene rings is 3. The van der Waals surface area contributed by atoms with E-state index in [1.54, 1.807) is 23.8 Å². The number of hydrogen-bond donors (Lipinski definition) is 1. The van der Waals surface area contributed by atoms with Crippen molar-refractivity contribution in [1.82, 2.24) is 19.4 Å². The number of imidazole rings is 1. The van der Waals surface area contributed by atoms with Gasteiger partial charge < -0.3 is 14.4 Å². The summed E-state index contributed by atoms with van der Waals surface area (Å²) in [6.07, 6.45) is 1.82. The van der Waals surface area contributed by atoms with E-state index in [4.69, 9.17) is 26.1 Å². The van der Waals surface area contributed by atoms with Gasteiger partial charge in [0.2, 0.25) is 11.9 Å². The summed E-state index contributed by atoms with van der Waals surface area (Å²) in [5, 5.41) is 3.49. The summed E-state index contributed by atoms with van der Waals surface area (Å²) in [5.41, 5.74) is 2.51. The van der Waals surface area contributed by atoms with Gasteiger partial charge in [0.1, 0.15) is 18.1 Å². The minimum Gasteiger partial charge on any atom is -0.497 e. The van der Waals surface area contributed by atoms with Gasteiger partial charge in [-0.2, -0.15) is 0 Å². The summed E-state index contributed by atoms with van der Waals surface area (Å²) in [4.78, 5) is 35.2. The molecule has 0 aliphatic carbocycles. The summed E-state index contributed by atoms with van der Waals surface area (Å²) >= 11 is 6.08. The Morgan fingerprint density at radius 2 is 1.71 bits per heavy atom. The number of aromatic nitrogens is 2. The Balaban J connectivity index is 1.39. The van der Waals surface area contributed by atoms with Crippen LogP contribution in [-0.4, -0.2) is 84.2 Å². The van der Waals surface area contributed by atoms with Crippen molar-refractivity contribution in [3.63, 3.8) is 0 Å². The number of methoxy groups -OCH3 is 1. The molecule has 0 atom stereocenters. The first-order valence-corrected chi connectivity index (χ1v) is 13.9. The van der Waals surface area contributed by atoms with Crippen LogP contribution in [0.4, 0.5) is 10.3 Å². The lowest BCUT2D eigenvalue weighted by atomic mass is 10.2. The van der Waals surface area contributed by atoms with Gasteiger partial charge in [-0.25, -0.2) is 9.37 Å². The lowest BCUT2D eigenvalue weighted by Crippen LogP contribution is -2.45. The molecule has 11 heteroatoms. The van der Waals surface area contributed by atoms with Crippen LogP contribution in [0.3, 0.4) is 0 Å². The van der Waals surface area contributed by atoms with Crippen molar-refractivity contribution in [3.05, 3.63) is 95.4 Å². The lowest BCUT2D eigenvalue weighted by Gasteiger charge is -2.30. The van der Waals surface area contributed by atoms with Gasteiger partial charge in [-0.1, -0.05) is 23.7 Å². The average Bonchev–Trinajstić information content (AvgIpc) is 3.43. The zero-order valence-electron chi connectivity index (χ0n) is 23.1. The van der Waals surface area contributed by atoms with E-state index in [1.807, 2.05) is 42.6 Å². The smallest absolute Gasteiger partial charge is 0.254 e. The van der Waals surface area contributed by atoms with Crippen molar-refractivity contribution in [3.8, 4) is 22.7 Å². The third kappa shape index (κ3) is 7.33. The molecular formula is C31H31ClFN5O4. The first kappa shape index (κ1) is 29.2. The molecule has 1 fully saturated rings. The van der Waals surface area contributed by atoms with E-state index in [0.29, 0.717) is 48.3 Å². The van der Waals surface area contributed by atoms with Crippen LogP contribution in [0.1, 0.15) is 10.4 Å². The molecule has 9 nitrogen and oxygen atoms in total. The molecule has 1 aromatic heterocycles. The van der Waals surface area contributed by atoms with Crippen LogP contribution < -0.4 is 10.1 Å². The number of carbonyl (C=O) groups is 2. The van der Waals surface area contributed by atoms with Crippen molar-refractivity contribution >= 4 is 29.4 Å². The number of nitrogens with zero attached hydrogens (tertiary/aromatic N) is 4. The SMILES string of the molecule is COc1ccc(-n2cc(-c3ccc(Cl)cc3)nc2NC(=O)CN(CCN2CCOCC2)C(=O)c2ccc(F)cc2)cc1. The monoisotopic (exact) mass is 591 g/mol. The average molecular weight is 592 g/mol. The number of morpholine rings is 1. The quantitative estimate of drug-likeness (QED) is 0.286. The van der Waals surface area contributed by atoms with E-state index in [9.17, 15) is 14.0 Å². The molecule has 0 saturated carbocycles. The van der Waals surface area contributed by atoms with Crippen LogP contribution in [0.2, 0.25) is 5.02 Å². The number of anilines is 1. The number of hydrogen-bond acceptors (Lipinski definition) is 6. The maximum absolute atomic E-state index is 13.5. The van der Waals surface area contributed by atoms with E-state index in [0.717, 1.165) is 24.3 Å². The van der Waals surface area contributed by atoms with Crippen LogP contribution >= 0.6 is 11.6 Å². The van der Waals surface area contributed by atoms with Gasteiger partial charge in [0, 0.05) is 54.2 Å². The van der Waals surface area contributed by atoms with E-state index < -0.39 is 11.7 Å². The van der Waals surface area contributed by atoms with Gasteiger partial charge in [-0.3, -0.25) is 24.4 Å². The molecule has 0 bridgehead atoms. The lowest BCUT2D eigenvalue weighted by molar-refractivity contribution is -0.117. The number of carbonyl (C=O) groups excluding carboxylic acids is 2. The van der Waals surface area contributed by atoms with Gasteiger partial charge in [-0.15, -0.1) is 0 Å². The number of halogens is 2. The molecule has 2 amide bonds. The van der Waals surface area contributed by atoms with Crippen molar-refractivity contribution in [1.29, 1.82) is 0 Å². The van der Waals surface area contributed by atoms with Crippen LogP contribution in [0, 0.1) is 5.82 Å². The minimum absolute atomic E-state index is 0.216. The molecule has 0 radical (unpaired) electrons. The largest absolute Gasteiger partial charge is 0.497 e. The standard InChI is InChI=1S/C31H31ClFN5O4/c1-41-27-12-10-26(11-13-27)38-20-28(22-2-6-24(32)7-3-22)34-31(38)35-29(39)21-37(15-14-36-16-18-42-19-17-36)30(40)23-4-8-25(33)9-5-23/h2-13,20H,14-19,21H2,1H3,(H,34,35,39). The van der Waals surface area contributed by atoms with E-state index >= 15 is 0 Å². The van der Waals surface area contributed by atoms with Crippen LogP contribution in [0.25, 0.3) is 16.9 Å². The number of amides is 2. The first-order chi connectivity index (χ1) is 20.4. The van der Waals surface area contributed by atoms with Crippen molar-refractivity contribution in [2.24, 2.45) is 0 Å². The second-order valence-electron chi connectivity index (χ2n) is 9.76. The van der Waals surface area contributed by atoms with Crippen molar-refractivity contribution in [2.75, 3.05) is 58.4 Å². The zero-order chi connectivity index (χ0) is 29.5. The molecule has 0 spiro atoms.